The fraction of sp³-hybridized carbons (Fsp3) is 0.381. The molecule has 0 unspecified atom stereocenters. The number of fused-ring (bicyclic) bond motifs is 1. The van der Waals surface area contributed by atoms with E-state index in [1.54, 1.807) is 11.3 Å². The standard InChI is InChI=1S/C21H24N2O2S2/c1-6-14-8-10-15(11-9-14)16-12-26-18-17(16)19(23-13(3)22-18)27-21(4,5)20(24)25-7-2/h8-12H,6-7H2,1-5H3. The Labute approximate surface area is 168 Å². The van der Waals surface area contributed by atoms with Crippen molar-refractivity contribution in [3.05, 3.63) is 41.0 Å². The van der Waals surface area contributed by atoms with E-state index in [9.17, 15) is 4.79 Å². The molecule has 0 bridgehead atoms. The Morgan fingerprint density at radius 2 is 1.89 bits per heavy atom. The number of carbonyl (C=O) groups excluding carboxylic acids is 1. The number of thioether (sulfide) groups is 1. The molecule has 0 saturated carbocycles. The Morgan fingerprint density at radius 3 is 2.52 bits per heavy atom. The first-order valence-corrected chi connectivity index (χ1v) is 10.8. The molecule has 0 atom stereocenters. The second kappa shape index (κ2) is 7.98. The third-order valence-electron chi connectivity index (χ3n) is 4.30. The van der Waals surface area contributed by atoms with Crippen LogP contribution in [-0.4, -0.2) is 27.3 Å². The second-order valence-corrected chi connectivity index (χ2v) is 9.26. The number of ether oxygens (including phenoxy) is 1. The van der Waals surface area contributed by atoms with Gasteiger partial charge in [-0.2, -0.15) is 0 Å². The summed E-state index contributed by atoms with van der Waals surface area (Å²) < 4.78 is 4.52. The third-order valence-corrected chi connectivity index (χ3v) is 6.34. The lowest BCUT2D eigenvalue weighted by Crippen LogP contribution is -2.30. The molecule has 0 saturated heterocycles. The summed E-state index contributed by atoms with van der Waals surface area (Å²) in [6.07, 6.45) is 1.02. The van der Waals surface area contributed by atoms with Crippen LogP contribution in [0.15, 0.2) is 34.7 Å². The number of hydrogen-bond acceptors (Lipinski definition) is 6. The van der Waals surface area contributed by atoms with Gasteiger partial charge in [0.15, 0.2) is 0 Å². The van der Waals surface area contributed by atoms with Crippen molar-refractivity contribution in [3.8, 4) is 11.1 Å². The molecule has 0 aliphatic rings. The number of aryl methyl sites for hydroxylation is 2. The van der Waals surface area contributed by atoms with E-state index in [4.69, 9.17) is 4.74 Å². The first-order valence-electron chi connectivity index (χ1n) is 9.07. The number of carbonyl (C=O) groups is 1. The van der Waals surface area contributed by atoms with E-state index in [1.165, 1.54) is 17.3 Å². The predicted octanol–water partition coefficient (Wildman–Crippen LogP) is 5.66. The van der Waals surface area contributed by atoms with Gasteiger partial charge in [0.1, 0.15) is 20.4 Å². The molecule has 0 amide bonds. The average Bonchev–Trinajstić information content (AvgIpc) is 3.05. The molecule has 3 rings (SSSR count). The van der Waals surface area contributed by atoms with E-state index in [0.717, 1.165) is 32.8 Å². The van der Waals surface area contributed by atoms with Crippen LogP contribution in [0.5, 0.6) is 0 Å². The van der Waals surface area contributed by atoms with Crippen molar-refractivity contribution in [3.63, 3.8) is 0 Å². The number of hydrogen-bond donors (Lipinski definition) is 0. The van der Waals surface area contributed by atoms with Gasteiger partial charge >= 0.3 is 5.97 Å². The van der Waals surface area contributed by atoms with Crippen molar-refractivity contribution in [2.45, 2.75) is 50.8 Å². The molecule has 0 aliphatic carbocycles. The SMILES string of the molecule is CCOC(=O)C(C)(C)Sc1nc(C)nc2scc(-c3ccc(CC)cc3)c12. The highest BCUT2D eigenvalue weighted by Crippen LogP contribution is 2.42. The topological polar surface area (TPSA) is 52.1 Å². The van der Waals surface area contributed by atoms with Gasteiger partial charge in [-0.25, -0.2) is 9.97 Å². The van der Waals surface area contributed by atoms with Crippen molar-refractivity contribution >= 4 is 39.3 Å². The van der Waals surface area contributed by atoms with Crippen LogP contribution in [0, 0.1) is 6.92 Å². The lowest BCUT2D eigenvalue weighted by atomic mass is 10.0. The Morgan fingerprint density at radius 1 is 1.19 bits per heavy atom. The molecular formula is C21H24N2O2S2. The second-order valence-electron chi connectivity index (χ2n) is 6.79. The minimum atomic E-state index is -0.727. The highest BCUT2D eigenvalue weighted by Gasteiger charge is 2.32. The van der Waals surface area contributed by atoms with Crippen molar-refractivity contribution in [2.75, 3.05) is 6.61 Å². The van der Waals surface area contributed by atoms with Crippen LogP contribution in [0.4, 0.5) is 0 Å². The molecule has 0 aliphatic heterocycles. The Hall–Kier alpha value is -1.92. The minimum absolute atomic E-state index is 0.233. The van der Waals surface area contributed by atoms with Gasteiger partial charge in [-0.3, -0.25) is 4.79 Å². The number of nitrogens with zero attached hydrogens (tertiary/aromatic N) is 2. The molecule has 2 aromatic heterocycles. The summed E-state index contributed by atoms with van der Waals surface area (Å²) in [7, 11) is 0. The Balaban J connectivity index is 2.09. The van der Waals surface area contributed by atoms with E-state index in [-0.39, 0.29) is 5.97 Å². The molecule has 142 valence electrons. The van der Waals surface area contributed by atoms with Gasteiger partial charge in [-0.05, 0) is 45.2 Å². The summed E-state index contributed by atoms with van der Waals surface area (Å²) in [6, 6.07) is 8.60. The van der Waals surface area contributed by atoms with Crippen molar-refractivity contribution in [1.82, 2.24) is 9.97 Å². The summed E-state index contributed by atoms with van der Waals surface area (Å²) >= 11 is 3.05. The van der Waals surface area contributed by atoms with Crippen LogP contribution in [0.25, 0.3) is 21.3 Å². The van der Waals surface area contributed by atoms with Crippen LogP contribution in [0.1, 0.15) is 39.1 Å². The van der Waals surface area contributed by atoms with Crippen LogP contribution in [0.3, 0.4) is 0 Å². The van der Waals surface area contributed by atoms with E-state index >= 15 is 0 Å². The summed E-state index contributed by atoms with van der Waals surface area (Å²) in [5.41, 5.74) is 3.56. The van der Waals surface area contributed by atoms with Gasteiger partial charge in [0.2, 0.25) is 0 Å². The van der Waals surface area contributed by atoms with Crippen LogP contribution < -0.4 is 0 Å². The fourth-order valence-corrected chi connectivity index (χ4v) is 4.98. The largest absolute Gasteiger partial charge is 0.465 e. The number of benzene rings is 1. The first kappa shape index (κ1) is 19.8. The lowest BCUT2D eigenvalue weighted by molar-refractivity contribution is -0.145. The number of aromatic nitrogens is 2. The smallest absolute Gasteiger partial charge is 0.322 e. The third kappa shape index (κ3) is 4.17. The molecule has 4 nitrogen and oxygen atoms in total. The molecule has 0 spiro atoms. The summed E-state index contributed by atoms with van der Waals surface area (Å²) in [5.74, 6) is 0.475. The van der Waals surface area contributed by atoms with Crippen molar-refractivity contribution in [2.24, 2.45) is 0 Å². The molecule has 2 heterocycles. The maximum absolute atomic E-state index is 12.4. The van der Waals surface area contributed by atoms with Crippen LogP contribution in [0.2, 0.25) is 0 Å². The van der Waals surface area contributed by atoms with E-state index in [0.29, 0.717) is 12.4 Å². The van der Waals surface area contributed by atoms with Gasteiger partial charge in [-0.1, -0.05) is 43.0 Å². The van der Waals surface area contributed by atoms with Gasteiger partial charge in [0.05, 0.1) is 12.0 Å². The highest BCUT2D eigenvalue weighted by molar-refractivity contribution is 8.01. The van der Waals surface area contributed by atoms with Gasteiger partial charge in [-0.15, -0.1) is 11.3 Å². The maximum atomic E-state index is 12.4. The number of thiophene rings is 1. The Bertz CT molecular complexity index is 962. The van der Waals surface area contributed by atoms with E-state index < -0.39 is 4.75 Å². The van der Waals surface area contributed by atoms with E-state index in [2.05, 4.69) is 46.5 Å². The monoisotopic (exact) mass is 400 g/mol. The highest BCUT2D eigenvalue weighted by atomic mass is 32.2. The van der Waals surface area contributed by atoms with Crippen LogP contribution in [-0.2, 0) is 16.0 Å². The maximum Gasteiger partial charge on any atom is 0.322 e. The molecule has 1 aromatic carbocycles. The molecule has 0 radical (unpaired) electrons. The molecule has 0 N–H and O–H groups in total. The molecule has 3 aromatic rings. The quantitative estimate of drug-likeness (QED) is 0.303. The zero-order valence-electron chi connectivity index (χ0n) is 16.3. The predicted molar refractivity (Wildman–Crippen MR) is 114 cm³/mol. The normalized spacial score (nSPS) is 11.7. The van der Waals surface area contributed by atoms with Crippen LogP contribution >= 0.6 is 23.1 Å². The molecule has 27 heavy (non-hydrogen) atoms. The lowest BCUT2D eigenvalue weighted by Gasteiger charge is -2.21. The van der Waals surface area contributed by atoms with Gasteiger partial charge in [0, 0.05) is 10.9 Å². The van der Waals surface area contributed by atoms with Crippen molar-refractivity contribution in [1.29, 1.82) is 0 Å². The van der Waals surface area contributed by atoms with Gasteiger partial charge < -0.3 is 4.74 Å². The molecule has 6 heteroatoms. The van der Waals surface area contributed by atoms with Gasteiger partial charge in [0.25, 0.3) is 0 Å². The molecular weight excluding hydrogens is 376 g/mol. The Kier molecular flexibility index (Phi) is 5.86. The number of rotatable bonds is 6. The summed E-state index contributed by atoms with van der Waals surface area (Å²) in [5, 5.41) is 3.96. The summed E-state index contributed by atoms with van der Waals surface area (Å²) in [4.78, 5) is 22.6. The first-order chi connectivity index (χ1) is 12.9. The minimum Gasteiger partial charge on any atom is -0.465 e. The van der Waals surface area contributed by atoms with Crippen molar-refractivity contribution < 1.29 is 9.53 Å². The fourth-order valence-electron chi connectivity index (χ4n) is 2.81. The zero-order chi connectivity index (χ0) is 19.6. The summed E-state index contributed by atoms with van der Waals surface area (Å²) in [6.45, 7) is 9.98. The zero-order valence-corrected chi connectivity index (χ0v) is 18.0. The number of esters is 1. The molecule has 0 fully saturated rings. The average molecular weight is 401 g/mol. The van der Waals surface area contributed by atoms with E-state index in [1.807, 2.05) is 27.7 Å².